The Morgan fingerprint density at radius 1 is 1.09 bits per heavy atom. The van der Waals surface area contributed by atoms with Gasteiger partial charge < -0.3 is 10.2 Å². The van der Waals surface area contributed by atoms with Crippen LogP contribution in [0.15, 0.2) is 30.4 Å². The van der Waals surface area contributed by atoms with E-state index in [9.17, 15) is 18.4 Å². The molecule has 1 heterocycles. The van der Waals surface area contributed by atoms with E-state index in [0.29, 0.717) is 23.3 Å². The predicted octanol–water partition coefficient (Wildman–Crippen LogP) is 4.84. The van der Waals surface area contributed by atoms with Crippen LogP contribution in [0, 0.1) is 46.1 Å². The molecule has 2 amide bonds. The number of nitrogens with zero attached hydrogens (tertiary/aromatic N) is 1. The summed E-state index contributed by atoms with van der Waals surface area (Å²) in [6.45, 7) is 4.84. The molecule has 0 bridgehead atoms. The highest BCUT2D eigenvalue weighted by Gasteiger charge is 2.61. The molecule has 1 N–H and O–H groups in total. The fraction of sp³-hybridized carbons (Fsp3) is 0.630. The first-order valence-electron chi connectivity index (χ1n) is 12.3. The molecular formula is C27H34F2N2O2. The molecule has 3 saturated carbocycles. The Bertz CT molecular complexity index is 1010. The molecular weight excluding hydrogens is 422 g/mol. The van der Waals surface area contributed by atoms with Gasteiger partial charge in [-0.2, -0.15) is 0 Å². The fourth-order valence-electron chi connectivity index (χ4n) is 8.13. The number of amides is 2. The third-order valence-corrected chi connectivity index (χ3v) is 9.89. The Morgan fingerprint density at radius 3 is 2.64 bits per heavy atom. The summed E-state index contributed by atoms with van der Waals surface area (Å²) >= 11 is 0. The zero-order valence-corrected chi connectivity index (χ0v) is 19.7. The largest absolute Gasteiger partial charge is 0.352 e. The molecule has 0 radical (unpaired) electrons. The first kappa shape index (κ1) is 22.5. The van der Waals surface area contributed by atoms with E-state index in [-0.39, 0.29) is 41.1 Å². The van der Waals surface area contributed by atoms with Crippen LogP contribution in [0.5, 0.6) is 0 Å². The highest BCUT2D eigenvalue weighted by molar-refractivity contribution is 5.89. The van der Waals surface area contributed by atoms with E-state index in [2.05, 4.69) is 25.2 Å². The Morgan fingerprint density at radius 2 is 1.88 bits per heavy atom. The van der Waals surface area contributed by atoms with Crippen LogP contribution in [0.3, 0.4) is 0 Å². The Labute approximate surface area is 194 Å². The van der Waals surface area contributed by atoms with Gasteiger partial charge >= 0.3 is 0 Å². The predicted molar refractivity (Wildman–Crippen MR) is 122 cm³/mol. The van der Waals surface area contributed by atoms with Gasteiger partial charge in [0.1, 0.15) is 0 Å². The van der Waals surface area contributed by atoms with E-state index in [1.165, 1.54) is 6.07 Å². The lowest BCUT2D eigenvalue weighted by Crippen LogP contribution is -2.59. The summed E-state index contributed by atoms with van der Waals surface area (Å²) in [4.78, 5) is 27.4. The van der Waals surface area contributed by atoms with Gasteiger partial charge in [0.15, 0.2) is 11.6 Å². The van der Waals surface area contributed by atoms with Gasteiger partial charge in [-0.15, -0.1) is 0 Å². The standard InChI is InChI=1S/C27H34F2N2O2/c1-26-12-10-19-17(5-9-23-27(19,2)13-11-24(32)31(23)3)18(26)6-7-20(26)25(33)30-15-16-4-8-21(28)22(29)14-16/h4,8,11,13-14,17-20,23H,5-7,9-10,12,15H2,1-3H3,(H,30,33)/t17-,18-,19+,20?,23?,26-,27+/m0/s1. The molecule has 4 aliphatic rings. The molecule has 1 aromatic carbocycles. The summed E-state index contributed by atoms with van der Waals surface area (Å²) in [6, 6.07) is 4.03. The lowest BCUT2D eigenvalue weighted by molar-refractivity contribution is -0.142. The number of nitrogens with one attached hydrogen (secondary N) is 1. The first-order chi connectivity index (χ1) is 15.6. The van der Waals surface area contributed by atoms with Gasteiger partial charge in [-0.3, -0.25) is 9.59 Å². The van der Waals surface area contributed by atoms with E-state index in [1.807, 2.05) is 11.9 Å². The molecule has 0 saturated heterocycles. The van der Waals surface area contributed by atoms with Crippen molar-refractivity contribution in [2.45, 2.75) is 65.0 Å². The molecule has 33 heavy (non-hydrogen) atoms. The third-order valence-electron chi connectivity index (χ3n) is 9.89. The number of benzene rings is 1. The van der Waals surface area contributed by atoms with Crippen LogP contribution >= 0.6 is 0 Å². The van der Waals surface area contributed by atoms with Crippen molar-refractivity contribution in [1.29, 1.82) is 0 Å². The maximum absolute atomic E-state index is 13.5. The summed E-state index contributed by atoms with van der Waals surface area (Å²) < 4.78 is 26.7. The Kier molecular flexibility index (Phi) is 5.41. The fourth-order valence-corrected chi connectivity index (χ4v) is 8.13. The number of rotatable bonds is 3. The van der Waals surface area contributed by atoms with Crippen LogP contribution in [-0.4, -0.2) is 29.8 Å². The molecule has 3 fully saturated rings. The molecule has 2 unspecified atom stereocenters. The van der Waals surface area contributed by atoms with Crippen molar-refractivity contribution in [1.82, 2.24) is 10.2 Å². The van der Waals surface area contributed by atoms with E-state index < -0.39 is 11.6 Å². The van der Waals surface area contributed by atoms with Crippen molar-refractivity contribution >= 4 is 11.8 Å². The number of hydrogen-bond donors (Lipinski definition) is 1. The van der Waals surface area contributed by atoms with E-state index in [0.717, 1.165) is 50.7 Å². The highest BCUT2D eigenvalue weighted by atomic mass is 19.2. The second-order valence-corrected chi connectivity index (χ2v) is 11.3. The smallest absolute Gasteiger partial charge is 0.246 e. The van der Waals surface area contributed by atoms with Gasteiger partial charge in [-0.25, -0.2) is 8.78 Å². The van der Waals surface area contributed by atoms with Gasteiger partial charge in [0.2, 0.25) is 11.8 Å². The van der Waals surface area contributed by atoms with Gasteiger partial charge in [0.25, 0.3) is 0 Å². The number of fused-ring (bicyclic) bond motifs is 5. The van der Waals surface area contributed by atoms with Crippen LogP contribution in [0.2, 0.25) is 0 Å². The zero-order valence-electron chi connectivity index (χ0n) is 19.7. The van der Waals surface area contributed by atoms with E-state index >= 15 is 0 Å². The minimum atomic E-state index is -0.888. The number of hydrogen-bond acceptors (Lipinski definition) is 2. The third kappa shape index (κ3) is 3.43. The van der Waals surface area contributed by atoms with Crippen LogP contribution in [0.4, 0.5) is 8.78 Å². The molecule has 1 aliphatic heterocycles. The van der Waals surface area contributed by atoms with Crippen molar-refractivity contribution in [3.8, 4) is 0 Å². The van der Waals surface area contributed by atoms with Crippen molar-refractivity contribution in [3.05, 3.63) is 47.5 Å². The lowest BCUT2D eigenvalue weighted by Gasteiger charge is -2.60. The Hall–Kier alpha value is -2.24. The number of carbonyl (C=O) groups excluding carboxylic acids is 2. The number of likely N-dealkylation sites (N-methyl/N-ethyl adjacent to an activating group) is 1. The molecule has 7 atom stereocenters. The van der Waals surface area contributed by atoms with Gasteiger partial charge in [0, 0.05) is 31.0 Å². The van der Waals surface area contributed by atoms with Crippen molar-refractivity contribution in [2.24, 2.45) is 34.5 Å². The van der Waals surface area contributed by atoms with Crippen LogP contribution in [0.25, 0.3) is 0 Å². The molecule has 3 aliphatic carbocycles. The minimum Gasteiger partial charge on any atom is -0.352 e. The van der Waals surface area contributed by atoms with Crippen molar-refractivity contribution in [3.63, 3.8) is 0 Å². The average Bonchev–Trinajstić information content (AvgIpc) is 3.14. The Balaban J connectivity index is 1.31. The van der Waals surface area contributed by atoms with Crippen molar-refractivity contribution in [2.75, 3.05) is 7.05 Å². The zero-order chi connectivity index (χ0) is 23.5. The van der Waals surface area contributed by atoms with Crippen LogP contribution < -0.4 is 5.32 Å². The number of halogens is 2. The van der Waals surface area contributed by atoms with E-state index in [1.54, 1.807) is 6.08 Å². The number of carbonyl (C=O) groups is 2. The molecule has 178 valence electrons. The molecule has 0 aromatic heterocycles. The topological polar surface area (TPSA) is 49.4 Å². The molecule has 6 heteroatoms. The quantitative estimate of drug-likeness (QED) is 0.708. The second-order valence-electron chi connectivity index (χ2n) is 11.3. The molecule has 1 aromatic rings. The molecule has 0 spiro atoms. The maximum atomic E-state index is 13.5. The summed E-state index contributed by atoms with van der Waals surface area (Å²) in [5.41, 5.74) is 0.530. The van der Waals surface area contributed by atoms with Crippen LogP contribution in [-0.2, 0) is 16.1 Å². The highest BCUT2D eigenvalue weighted by Crippen LogP contribution is 2.65. The first-order valence-corrected chi connectivity index (χ1v) is 12.3. The van der Waals surface area contributed by atoms with Gasteiger partial charge in [-0.1, -0.05) is 26.0 Å². The van der Waals surface area contributed by atoms with Gasteiger partial charge in [-0.05, 0) is 85.5 Å². The molecule has 4 nitrogen and oxygen atoms in total. The SMILES string of the molecule is CN1C(=O)C=C[C@@]2(C)C1CC[C@@H]1[C@H]2CC[C@]2(C)C(C(=O)NCc3ccc(F)c(F)c3)CC[C@@H]12. The molecule has 5 rings (SSSR count). The van der Waals surface area contributed by atoms with Crippen LogP contribution in [0.1, 0.15) is 57.9 Å². The second kappa shape index (κ2) is 7.92. The van der Waals surface area contributed by atoms with E-state index in [4.69, 9.17) is 0 Å². The monoisotopic (exact) mass is 456 g/mol. The normalized spacial score (nSPS) is 39.6. The average molecular weight is 457 g/mol. The summed E-state index contributed by atoms with van der Waals surface area (Å²) in [5, 5.41) is 3.00. The minimum absolute atomic E-state index is 0.0000909. The van der Waals surface area contributed by atoms with Gasteiger partial charge in [0.05, 0.1) is 0 Å². The lowest BCUT2D eigenvalue weighted by atomic mass is 9.47. The summed E-state index contributed by atoms with van der Waals surface area (Å²) in [6.07, 6.45) is 10.1. The summed E-state index contributed by atoms with van der Waals surface area (Å²) in [5.74, 6) is -0.0673. The maximum Gasteiger partial charge on any atom is 0.246 e. The van der Waals surface area contributed by atoms with Crippen molar-refractivity contribution < 1.29 is 18.4 Å². The summed E-state index contributed by atoms with van der Waals surface area (Å²) in [7, 11) is 1.94.